The minimum atomic E-state index is 0.194. The number of nitrogens with one attached hydrogen (secondary N) is 2. The number of hydrogen-bond donors (Lipinski definition) is 2. The van der Waals surface area contributed by atoms with Crippen molar-refractivity contribution in [1.82, 2.24) is 10.6 Å². The maximum atomic E-state index is 11.6. The number of carbonyl (C=O) groups excluding carboxylic acids is 1. The van der Waals surface area contributed by atoms with Crippen molar-refractivity contribution in [1.29, 1.82) is 0 Å². The molecule has 22 heavy (non-hydrogen) atoms. The molecule has 0 atom stereocenters. The van der Waals surface area contributed by atoms with E-state index in [0.717, 1.165) is 26.1 Å². The van der Waals surface area contributed by atoms with E-state index in [0.29, 0.717) is 6.42 Å². The first-order valence-corrected chi connectivity index (χ1v) is 9.78. The molecule has 0 fully saturated rings. The summed E-state index contributed by atoms with van der Waals surface area (Å²) in [4.78, 5) is 11.6. The highest BCUT2D eigenvalue weighted by molar-refractivity contribution is 5.75. The summed E-state index contributed by atoms with van der Waals surface area (Å²) in [7, 11) is 0. The Hall–Kier alpha value is -0.570. The molecule has 0 spiro atoms. The molecule has 0 aliphatic heterocycles. The lowest BCUT2D eigenvalue weighted by atomic mass is 10.1. The second kappa shape index (κ2) is 18.5. The highest BCUT2D eigenvalue weighted by Crippen LogP contribution is 2.10. The van der Waals surface area contributed by atoms with Crippen LogP contribution in [0.1, 0.15) is 97.3 Å². The predicted octanol–water partition coefficient (Wildman–Crippen LogP) is 4.80. The summed E-state index contributed by atoms with van der Waals surface area (Å²) in [5.41, 5.74) is 0. The van der Waals surface area contributed by atoms with E-state index in [1.54, 1.807) is 0 Å². The number of unbranched alkanes of at least 4 members (excludes halogenated alkanes) is 10. The maximum Gasteiger partial charge on any atom is 0.221 e. The molecular weight excluding hydrogens is 272 g/mol. The largest absolute Gasteiger partial charge is 0.356 e. The summed E-state index contributed by atoms with van der Waals surface area (Å²) in [6.45, 7) is 7.14. The topological polar surface area (TPSA) is 41.1 Å². The van der Waals surface area contributed by atoms with E-state index >= 15 is 0 Å². The van der Waals surface area contributed by atoms with E-state index in [2.05, 4.69) is 24.5 Å². The fraction of sp³-hybridized carbons (Fsp3) is 0.947. The van der Waals surface area contributed by atoms with Gasteiger partial charge in [0.05, 0.1) is 0 Å². The van der Waals surface area contributed by atoms with E-state index in [4.69, 9.17) is 0 Å². The molecule has 1 amide bonds. The van der Waals surface area contributed by atoms with Gasteiger partial charge in [-0.25, -0.2) is 0 Å². The van der Waals surface area contributed by atoms with Crippen LogP contribution >= 0.6 is 0 Å². The zero-order valence-electron chi connectivity index (χ0n) is 15.2. The van der Waals surface area contributed by atoms with Crippen LogP contribution in [0.5, 0.6) is 0 Å². The Bertz CT molecular complexity index is 231. The van der Waals surface area contributed by atoms with Crippen LogP contribution < -0.4 is 10.6 Å². The monoisotopic (exact) mass is 312 g/mol. The summed E-state index contributed by atoms with van der Waals surface area (Å²) < 4.78 is 0. The number of rotatable bonds is 17. The average molecular weight is 313 g/mol. The van der Waals surface area contributed by atoms with Gasteiger partial charge in [-0.2, -0.15) is 0 Å². The molecule has 0 saturated heterocycles. The molecule has 0 radical (unpaired) electrons. The summed E-state index contributed by atoms with van der Waals surface area (Å²) in [5, 5.41) is 6.32. The molecule has 2 N–H and O–H groups in total. The summed E-state index contributed by atoms with van der Waals surface area (Å²) in [5.74, 6) is 0.194. The van der Waals surface area contributed by atoms with Crippen LogP contribution in [0, 0.1) is 0 Å². The molecule has 0 aromatic rings. The second-order valence-corrected chi connectivity index (χ2v) is 6.39. The van der Waals surface area contributed by atoms with E-state index in [1.807, 2.05) is 0 Å². The molecule has 0 rings (SSSR count). The van der Waals surface area contributed by atoms with Crippen LogP contribution in [-0.2, 0) is 4.79 Å². The van der Waals surface area contributed by atoms with Gasteiger partial charge in [-0.3, -0.25) is 4.79 Å². The van der Waals surface area contributed by atoms with Gasteiger partial charge in [0.25, 0.3) is 0 Å². The van der Waals surface area contributed by atoms with Crippen molar-refractivity contribution in [3.8, 4) is 0 Å². The molecule has 132 valence electrons. The number of amides is 1. The van der Waals surface area contributed by atoms with Crippen LogP contribution in [-0.4, -0.2) is 25.5 Å². The lowest BCUT2D eigenvalue weighted by molar-refractivity contribution is -0.121. The van der Waals surface area contributed by atoms with Crippen LogP contribution in [0.2, 0.25) is 0 Å². The maximum absolute atomic E-state index is 11.6. The summed E-state index contributed by atoms with van der Waals surface area (Å²) >= 11 is 0. The number of hydrogen-bond acceptors (Lipinski definition) is 2. The molecular formula is C19H40N2O. The molecule has 0 aliphatic rings. The Kier molecular flexibility index (Phi) is 18.0. The molecule has 0 heterocycles. The van der Waals surface area contributed by atoms with Crippen LogP contribution in [0.25, 0.3) is 0 Å². The Labute approximate surface area is 139 Å². The molecule has 0 saturated carbocycles. The molecule has 3 nitrogen and oxygen atoms in total. The van der Waals surface area contributed by atoms with E-state index in [9.17, 15) is 4.79 Å². The van der Waals surface area contributed by atoms with Gasteiger partial charge in [0.2, 0.25) is 5.91 Å². The van der Waals surface area contributed by atoms with Gasteiger partial charge in [-0.05, 0) is 19.4 Å². The van der Waals surface area contributed by atoms with Crippen molar-refractivity contribution < 1.29 is 4.79 Å². The second-order valence-electron chi connectivity index (χ2n) is 6.39. The lowest BCUT2D eigenvalue weighted by Crippen LogP contribution is -2.28. The normalized spacial score (nSPS) is 10.8. The van der Waals surface area contributed by atoms with Crippen molar-refractivity contribution >= 4 is 5.91 Å². The van der Waals surface area contributed by atoms with Crippen molar-refractivity contribution in [2.45, 2.75) is 97.3 Å². The van der Waals surface area contributed by atoms with Crippen LogP contribution in [0.15, 0.2) is 0 Å². The van der Waals surface area contributed by atoms with E-state index in [-0.39, 0.29) is 5.91 Å². The van der Waals surface area contributed by atoms with Gasteiger partial charge in [-0.1, -0.05) is 78.1 Å². The molecule has 3 heteroatoms. The van der Waals surface area contributed by atoms with Crippen molar-refractivity contribution in [2.24, 2.45) is 0 Å². The van der Waals surface area contributed by atoms with Crippen molar-refractivity contribution in [3.63, 3.8) is 0 Å². The smallest absolute Gasteiger partial charge is 0.221 e. The van der Waals surface area contributed by atoms with Gasteiger partial charge >= 0.3 is 0 Å². The van der Waals surface area contributed by atoms with Gasteiger partial charge in [0.1, 0.15) is 0 Å². The third kappa shape index (κ3) is 17.5. The SMILES string of the molecule is CCCCCCCCCCCCNC(=O)CCNCCCC. The van der Waals surface area contributed by atoms with Crippen LogP contribution in [0.3, 0.4) is 0 Å². The molecule has 0 aromatic carbocycles. The first-order valence-electron chi connectivity index (χ1n) is 9.78. The summed E-state index contributed by atoms with van der Waals surface area (Å²) in [6.07, 6.45) is 16.4. The van der Waals surface area contributed by atoms with E-state index < -0.39 is 0 Å². The van der Waals surface area contributed by atoms with Gasteiger partial charge in [0, 0.05) is 19.5 Å². The van der Waals surface area contributed by atoms with Gasteiger partial charge in [0.15, 0.2) is 0 Å². The standard InChI is InChI=1S/C19H40N2O/c1-3-5-7-8-9-10-11-12-13-14-17-21-19(22)15-18-20-16-6-4-2/h20H,3-18H2,1-2H3,(H,21,22). The Morgan fingerprint density at radius 1 is 0.636 bits per heavy atom. The molecule has 0 aliphatic carbocycles. The zero-order valence-corrected chi connectivity index (χ0v) is 15.2. The third-order valence-corrected chi connectivity index (χ3v) is 4.09. The third-order valence-electron chi connectivity index (χ3n) is 4.09. The Morgan fingerprint density at radius 3 is 1.77 bits per heavy atom. The van der Waals surface area contributed by atoms with Crippen molar-refractivity contribution in [3.05, 3.63) is 0 Å². The fourth-order valence-electron chi connectivity index (χ4n) is 2.56. The lowest BCUT2D eigenvalue weighted by Gasteiger charge is -2.06. The van der Waals surface area contributed by atoms with E-state index in [1.165, 1.54) is 70.6 Å². The molecule has 0 bridgehead atoms. The first-order chi connectivity index (χ1) is 10.8. The highest BCUT2D eigenvalue weighted by atomic mass is 16.1. The number of carbonyl (C=O) groups is 1. The highest BCUT2D eigenvalue weighted by Gasteiger charge is 1.99. The minimum Gasteiger partial charge on any atom is -0.356 e. The quantitative estimate of drug-likeness (QED) is 0.379. The Balaban J connectivity index is 3.10. The minimum absolute atomic E-state index is 0.194. The van der Waals surface area contributed by atoms with Gasteiger partial charge in [-0.15, -0.1) is 0 Å². The molecule has 0 aromatic heterocycles. The zero-order chi connectivity index (χ0) is 16.3. The predicted molar refractivity (Wildman–Crippen MR) is 97.2 cm³/mol. The van der Waals surface area contributed by atoms with Crippen molar-refractivity contribution in [2.75, 3.05) is 19.6 Å². The van der Waals surface area contributed by atoms with Crippen LogP contribution in [0.4, 0.5) is 0 Å². The van der Waals surface area contributed by atoms with Gasteiger partial charge < -0.3 is 10.6 Å². The first kappa shape index (κ1) is 21.4. The summed E-state index contributed by atoms with van der Waals surface area (Å²) in [6, 6.07) is 0. The molecule has 0 unspecified atom stereocenters. The Morgan fingerprint density at radius 2 is 1.18 bits per heavy atom. The average Bonchev–Trinajstić information content (AvgIpc) is 2.52. The fourth-order valence-corrected chi connectivity index (χ4v) is 2.56.